The van der Waals surface area contributed by atoms with Gasteiger partial charge < -0.3 is 10.1 Å². The molecule has 146 valence electrons. The molecule has 0 spiro atoms. The van der Waals surface area contributed by atoms with Gasteiger partial charge in [-0.2, -0.15) is 0 Å². The highest BCUT2D eigenvalue weighted by Crippen LogP contribution is 2.23. The van der Waals surface area contributed by atoms with Crippen molar-refractivity contribution in [3.8, 4) is 0 Å². The Morgan fingerprint density at radius 1 is 1.07 bits per heavy atom. The maximum Gasteiger partial charge on any atom is 0.308 e. The first kappa shape index (κ1) is 20.6. The predicted octanol–water partition coefficient (Wildman–Crippen LogP) is 1.96. The lowest BCUT2D eigenvalue weighted by Gasteiger charge is -2.20. The third-order valence-electron chi connectivity index (χ3n) is 4.49. The Hall–Kier alpha value is -2.70. The molecule has 1 aliphatic rings. The number of carbonyl (C=O) groups excluding carboxylic acids is 4. The average Bonchev–Trinajstić information content (AvgIpc) is 2.67. The molecule has 1 aliphatic carbocycles. The number of esters is 1. The maximum atomic E-state index is 12.0. The summed E-state index contributed by atoms with van der Waals surface area (Å²) in [5.41, 5.74) is 0.498. The molecule has 1 atom stereocenters. The fraction of sp³-hybridized carbons (Fsp3) is 0.500. The highest BCUT2D eigenvalue weighted by Gasteiger charge is 2.23. The first-order valence-corrected chi connectivity index (χ1v) is 9.31. The molecule has 0 aliphatic heterocycles. The van der Waals surface area contributed by atoms with E-state index >= 15 is 0 Å². The van der Waals surface area contributed by atoms with E-state index < -0.39 is 24.5 Å². The summed E-state index contributed by atoms with van der Waals surface area (Å²) >= 11 is 0. The molecule has 1 saturated carbocycles. The first-order valence-electron chi connectivity index (χ1n) is 9.31. The van der Waals surface area contributed by atoms with Crippen LogP contribution in [0.2, 0.25) is 0 Å². The number of amides is 3. The number of rotatable bonds is 7. The normalized spacial score (nSPS) is 15.4. The van der Waals surface area contributed by atoms with E-state index in [1.54, 1.807) is 31.2 Å². The van der Waals surface area contributed by atoms with Crippen molar-refractivity contribution in [1.82, 2.24) is 10.6 Å². The van der Waals surface area contributed by atoms with E-state index in [0.717, 1.165) is 32.1 Å². The molecule has 1 unspecified atom stereocenters. The van der Waals surface area contributed by atoms with Gasteiger partial charge in [0.2, 0.25) is 5.91 Å². The Labute approximate surface area is 158 Å². The molecule has 0 saturated heterocycles. The minimum absolute atomic E-state index is 0.0670. The van der Waals surface area contributed by atoms with E-state index in [9.17, 15) is 19.2 Å². The Morgan fingerprint density at radius 2 is 1.74 bits per heavy atom. The number of hydrogen-bond acceptors (Lipinski definition) is 5. The Bertz CT molecular complexity index is 668. The molecule has 3 amide bonds. The summed E-state index contributed by atoms with van der Waals surface area (Å²) in [5.74, 6) is -1.95. The van der Waals surface area contributed by atoms with Crippen LogP contribution >= 0.6 is 0 Å². The molecule has 1 aromatic carbocycles. The van der Waals surface area contributed by atoms with Gasteiger partial charge >= 0.3 is 5.97 Å². The second kappa shape index (κ2) is 10.4. The van der Waals surface area contributed by atoms with Crippen molar-refractivity contribution in [2.45, 2.75) is 51.5 Å². The van der Waals surface area contributed by atoms with Crippen LogP contribution in [0.1, 0.15) is 55.8 Å². The lowest BCUT2D eigenvalue weighted by molar-refractivity contribution is -0.150. The standard InChI is InChI=1S/C20H26N2O5/c1-14(21-19(25)15-8-4-2-5-9-15)12-18(24)27-13-17(23)22-20(26)16-10-6-3-7-11-16/h2,4-5,8-9,14,16H,3,6-7,10-13H2,1H3,(H,21,25)(H,22,23,26). The van der Waals surface area contributed by atoms with Gasteiger partial charge in [-0.15, -0.1) is 0 Å². The molecular formula is C20H26N2O5. The minimum atomic E-state index is -0.625. The van der Waals surface area contributed by atoms with E-state index in [1.807, 2.05) is 6.07 Å². The number of ether oxygens (including phenoxy) is 1. The Balaban J connectivity index is 1.66. The van der Waals surface area contributed by atoms with Crippen LogP contribution in [-0.2, 0) is 19.1 Å². The fourth-order valence-electron chi connectivity index (χ4n) is 3.04. The lowest BCUT2D eigenvalue weighted by Crippen LogP contribution is -2.39. The second-order valence-electron chi connectivity index (χ2n) is 6.85. The van der Waals surface area contributed by atoms with Gasteiger partial charge in [-0.1, -0.05) is 37.5 Å². The Kier molecular flexibility index (Phi) is 7.98. The second-order valence-corrected chi connectivity index (χ2v) is 6.85. The summed E-state index contributed by atoms with van der Waals surface area (Å²) < 4.78 is 4.90. The highest BCUT2D eigenvalue weighted by molar-refractivity contribution is 5.97. The third-order valence-corrected chi connectivity index (χ3v) is 4.49. The molecule has 0 bridgehead atoms. The monoisotopic (exact) mass is 374 g/mol. The van der Waals surface area contributed by atoms with E-state index in [4.69, 9.17) is 4.74 Å². The highest BCUT2D eigenvalue weighted by atomic mass is 16.5. The largest absolute Gasteiger partial charge is 0.455 e. The van der Waals surface area contributed by atoms with E-state index in [1.165, 1.54) is 0 Å². The molecule has 1 fully saturated rings. The predicted molar refractivity (Wildman–Crippen MR) is 98.7 cm³/mol. The van der Waals surface area contributed by atoms with Gasteiger partial charge in [0.25, 0.3) is 11.8 Å². The Morgan fingerprint density at radius 3 is 2.41 bits per heavy atom. The van der Waals surface area contributed by atoms with Crippen LogP contribution in [0.4, 0.5) is 0 Å². The van der Waals surface area contributed by atoms with E-state index in [-0.39, 0.29) is 24.2 Å². The van der Waals surface area contributed by atoms with Crippen LogP contribution in [0, 0.1) is 5.92 Å². The van der Waals surface area contributed by atoms with Gasteiger partial charge in [-0.05, 0) is 31.9 Å². The molecule has 2 N–H and O–H groups in total. The summed E-state index contributed by atoms with van der Waals surface area (Å²) in [6.45, 7) is 1.17. The van der Waals surface area contributed by atoms with E-state index in [2.05, 4.69) is 10.6 Å². The van der Waals surface area contributed by atoms with Crippen LogP contribution in [-0.4, -0.2) is 36.3 Å². The molecule has 2 rings (SSSR count). The summed E-state index contributed by atoms with van der Waals surface area (Å²) in [6.07, 6.45) is 4.62. The smallest absolute Gasteiger partial charge is 0.308 e. The first-order chi connectivity index (χ1) is 13.0. The van der Waals surface area contributed by atoms with Crippen LogP contribution in [0.5, 0.6) is 0 Å². The summed E-state index contributed by atoms with van der Waals surface area (Å²) in [4.78, 5) is 47.6. The molecule has 7 heteroatoms. The number of benzene rings is 1. The van der Waals surface area contributed by atoms with Gasteiger partial charge in [0.15, 0.2) is 6.61 Å². The van der Waals surface area contributed by atoms with Crippen molar-refractivity contribution in [2.24, 2.45) is 5.92 Å². The van der Waals surface area contributed by atoms with Gasteiger partial charge in [-0.25, -0.2) is 0 Å². The molecule has 0 radical (unpaired) electrons. The van der Waals surface area contributed by atoms with Gasteiger partial charge in [-0.3, -0.25) is 24.5 Å². The van der Waals surface area contributed by atoms with Crippen molar-refractivity contribution in [1.29, 1.82) is 0 Å². The zero-order chi connectivity index (χ0) is 19.6. The summed E-state index contributed by atoms with van der Waals surface area (Å²) in [6, 6.07) is 8.21. The van der Waals surface area contributed by atoms with Gasteiger partial charge in [0.1, 0.15) is 0 Å². The molecule has 7 nitrogen and oxygen atoms in total. The molecule has 0 heterocycles. The van der Waals surface area contributed by atoms with Gasteiger partial charge in [0.05, 0.1) is 6.42 Å². The fourth-order valence-corrected chi connectivity index (χ4v) is 3.04. The van der Waals surface area contributed by atoms with Crippen molar-refractivity contribution >= 4 is 23.7 Å². The molecular weight excluding hydrogens is 348 g/mol. The average molecular weight is 374 g/mol. The zero-order valence-corrected chi connectivity index (χ0v) is 15.5. The number of hydrogen-bond donors (Lipinski definition) is 2. The van der Waals surface area contributed by atoms with Crippen LogP contribution in [0.15, 0.2) is 30.3 Å². The van der Waals surface area contributed by atoms with Crippen molar-refractivity contribution in [3.63, 3.8) is 0 Å². The van der Waals surface area contributed by atoms with Crippen molar-refractivity contribution in [3.05, 3.63) is 35.9 Å². The van der Waals surface area contributed by atoms with Crippen molar-refractivity contribution in [2.75, 3.05) is 6.61 Å². The molecule has 1 aromatic rings. The zero-order valence-electron chi connectivity index (χ0n) is 15.5. The van der Waals surface area contributed by atoms with E-state index in [0.29, 0.717) is 5.56 Å². The maximum absolute atomic E-state index is 12.0. The molecule has 0 aromatic heterocycles. The summed E-state index contributed by atoms with van der Waals surface area (Å²) in [5, 5.41) is 4.98. The molecule has 27 heavy (non-hydrogen) atoms. The summed E-state index contributed by atoms with van der Waals surface area (Å²) in [7, 11) is 0. The number of nitrogens with one attached hydrogen (secondary N) is 2. The quantitative estimate of drug-likeness (QED) is 0.711. The SMILES string of the molecule is CC(CC(=O)OCC(=O)NC(=O)C1CCCCC1)NC(=O)c1ccccc1. The van der Waals surface area contributed by atoms with Crippen molar-refractivity contribution < 1.29 is 23.9 Å². The number of imide groups is 1. The number of carbonyl (C=O) groups is 4. The topological polar surface area (TPSA) is 102 Å². The lowest BCUT2D eigenvalue weighted by atomic mass is 9.89. The van der Waals surface area contributed by atoms with Gasteiger partial charge in [0, 0.05) is 17.5 Å². The third kappa shape index (κ3) is 7.21. The minimum Gasteiger partial charge on any atom is -0.455 e. The van der Waals surface area contributed by atoms with Crippen LogP contribution in [0.25, 0.3) is 0 Å². The van der Waals surface area contributed by atoms with Crippen LogP contribution < -0.4 is 10.6 Å². The van der Waals surface area contributed by atoms with Crippen LogP contribution in [0.3, 0.4) is 0 Å².